The van der Waals surface area contributed by atoms with Gasteiger partial charge in [0.1, 0.15) is 5.75 Å². The van der Waals surface area contributed by atoms with Gasteiger partial charge in [0.2, 0.25) is 0 Å². The van der Waals surface area contributed by atoms with Gasteiger partial charge >= 0.3 is 6.03 Å². The predicted octanol–water partition coefficient (Wildman–Crippen LogP) is 2.54. The van der Waals surface area contributed by atoms with E-state index in [0.717, 1.165) is 50.6 Å². The van der Waals surface area contributed by atoms with Gasteiger partial charge in [-0.15, -0.1) is 0 Å². The second-order valence-electron chi connectivity index (χ2n) is 7.31. The number of nitrogens with one attached hydrogen (secondary N) is 3. The Bertz CT molecular complexity index is 653. The molecule has 3 N–H and O–H groups in total. The maximum Gasteiger partial charge on any atom is 0.314 e. The summed E-state index contributed by atoms with van der Waals surface area (Å²) in [6.45, 7) is 1.37. The fourth-order valence-corrected chi connectivity index (χ4v) is 3.06. The topological polar surface area (TPSA) is 79.5 Å². The summed E-state index contributed by atoms with van der Waals surface area (Å²) in [6.07, 6.45) is 10.6. The minimum absolute atomic E-state index is 0.0500. The van der Waals surface area contributed by atoms with E-state index in [1.165, 1.54) is 0 Å². The number of benzene rings is 1. The predicted molar refractivity (Wildman–Crippen MR) is 105 cm³/mol. The number of hydrogen-bond acceptors (Lipinski definition) is 3. The molecule has 1 atom stereocenters. The van der Waals surface area contributed by atoms with E-state index in [1.807, 2.05) is 24.3 Å². The average Bonchev–Trinajstić information content (AvgIpc) is 3.50. The molecule has 0 spiro atoms. The summed E-state index contributed by atoms with van der Waals surface area (Å²) >= 11 is 0. The quantitative estimate of drug-likeness (QED) is 0.584. The third kappa shape index (κ3) is 7.33. The standard InChI is InChI=1S/C21H29N3O3/c25-20(24-18-8-9-18)15-27-19-10-6-16(7-11-19)12-13-22-21(26)23-14-17-4-2-1-3-5-17/h1-2,6-7,10-11,17-18H,3-5,8-9,12-15H2,(H,24,25)(H2,22,23,26)/t17-/m0/s1. The third-order valence-electron chi connectivity index (χ3n) is 4.86. The Balaban J connectivity index is 1.28. The normalized spacial score (nSPS) is 18.6. The van der Waals surface area contributed by atoms with Gasteiger partial charge < -0.3 is 20.7 Å². The molecule has 0 unspecified atom stereocenters. The fraction of sp³-hybridized carbons (Fsp3) is 0.524. The largest absolute Gasteiger partial charge is 0.484 e. The maximum absolute atomic E-state index is 11.9. The van der Waals surface area contributed by atoms with E-state index in [-0.39, 0.29) is 18.5 Å². The van der Waals surface area contributed by atoms with Gasteiger partial charge in [0.05, 0.1) is 0 Å². The van der Waals surface area contributed by atoms with Crippen LogP contribution in [0.4, 0.5) is 4.79 Å². The van der Waals surface area contributed by atoms with Crippen molar-refractivity contribution in [3.63, 3.8) is 0 Å². The smallest absolute Gasteiger partial charge is 0.314 e. The molecule has 1 fully saturated rings. The Hall–Kier alpha value is -2.50. The molecule has 146 valence electrons. The zero-order valence-corrected chi connectivity index (χ0v) is 15.7. The van der Waals surface area contributed by atoms with E-state index in [0.29, 0.717) is 24.3 Å². The maximum atomic E-state index is 11.9. The highest BCUT2D eigenvalue weighted by molar-refractivity contribution is 5.78. The molecule has 0 radical (unpaired) electrons. The first-order valence-electron chi connectivity index (χ1n) is 9.87. The monoisotopic (exact) mass is 371 g/mol. The number of rotatable bonds is 9. The first kappa shape index (κ1) is 19.3. The van der Waals surface area contributed by atoms with Crippen molar-refractivity contribution in [1.29, 1.82) is 0 Å². The Labute approximate surface area is 160 Å². The molecule has 1 aromatic carbocycles. The molecule has 0 aromatic heterocycles. The Morgan fingerprint density at radius 3 is 2.56 bits per heavy atom. The summed E-state index contributed by atoms with van der Waals surface area (Å²) in [4.78, 5) is 23.5. The Morgan fingerprint density at radius 1 is 1.04 bits per heavy atom. The highest BCUT2D eigenvalue weighted by Gasteiger charge is 2.23. The highest BCUT2D eigenvalue weighted by atomic mass is 16.5. The van der Waals surface area contributed by atoms with Crippen LogP contribution in [0.15, 0.2) is 36.4 Å². The number of carbonyl (C=O) groups excluding carboxylic acids is 2. The minimum atomic E-state index is -0.105. The van der Waals surface area contributed by atoms with E-state index >= 15 is 0 Å². The van der Waals surface area contributed by atoms with Crippen molar-refractivity contribution in [1.82, 2.24) is 16.0 Å². The van der Waals surface area contributed by atoms with Gasteiger partial charge in [-0.2, -0.15) is 0 Å². The van der Waals surface area contributed by atoms with E-state index in [4.69, 9.17) is 4.74 Å². The number of amides is 3. The van der Waals surface area contributed by atoms with E-state index in [9.17, 15) is 9.59 Å². The van der Waals surface area contributed by atoms with E-state index in [2.05, 4.69) is 28.1 Å². The van der Waals surface area contributed by atoms with Crippen LogP contribution in [0.25, 0.3) is 0 Å². The summed E-state index contributed by atoms with van der Waals surface area (Å²) < 4.78 is 5.49. The molecule has 1 aromatic rings. The summed E-state index contributed by atoms with van der Waals surface area (Å²) in [6, 6.07) is 7.88. The number of carbonyl (C=O) groups is 2. The summed E-state index contributed by atoms with van der Waals surface area (Å²) in [5.74, 6) is 1.16. The molecule has 0 saturated heterocycles. The average molecular weight is 371 g/mol. The van der Waals surface area contributed by atoms with Crippen molar-refractivity contribution in [2.24, 2.45) is 5.92 Å². The van der Waals surface area contributed by atoms with Gasteiger partial charge in [-0.1, -0.05) is 24.3 Å². The fourth-order valence-electron chi connectivity index (χ4n) is 3.06. The molecule has 2 aliphatic rings. The van der Waals surface area contributed by atoms with Crippen molar-refractivity contribution in [2.45, 2.75) is 44.6 Å². The summed E-state index contributed by atoms with van der Waals surface area (Å²) in [5.41, 5.74) is 1.11. The van der Waals surface area contributed by atoms with Crippen molar-refractivity contribution in [2.75, 3.05) is 19.7 Å². The van der Waals surface area contributed by atoms with Gasteiger partial charge in [-0.3, -0.25) is 4.79 Å². The van der Waals surface area contributed by atoms with Crippen LogP contribution in [0, 0.1) is 5.92 Å². The molecule has 3 amide bonds. The summed E-state index contributed by atoms with van der Waals surface area (Å²) in [5, 5.41) is 8.74. The zero-order valence-electron chi connectivity index (χ0n) is 15.7. The lowest BCUT2D eigenvalue weighted by Crippen LogP contribution is -2.39. The molecular weight excluding hydrogens is 342 g/mol. The SMILES string of the molecule is O=C(COc1ccc(CCNC(=O)NC[C@H]2CC=CCC2)cc1)NC1CC1. The van der Waals surface area contributed by atoms with Crippen LogP contribution in [0.5, 0.6) is 5.75 Å². The Kier molecular flexibility index (Phi) is 7.13. The number of urea groups is 1. The minimum Gasteiger partial charge on any atom is -0.484 e. The van der Waals surface area contributed by atoms with Crippen LogP contribution < -0.4 is 20.7 Å². The molecule has 0 aliphatic heterocycles. The van der Waals surface area contributed by atoms with Crippen molar-refractivity contribution in [3.8, 4) is 5.75 Å². The first-order chi connectivity index (χ1) is 13.2. The van der Waals surface area contributed by atoms with Gasteiger partial charge in [0, 0.05) is 19.1 Å². The van der Waals surface area contributed by atoms with Crippen LogP contribution in [0.1, 0.15) is 37.7 Å². The third-order valence-corrected chi connectivity index (χ3v) is 4.86. The zero-order chi connectivity index (χ0) is 18.9. The molecule has 0 heterocycles. The molecular formula is C21H29N3O3. The highest BCUT2D eigenvalue weighted by Crippen LogP contribution is 2.19. The van der Waals surface area contributed by atoms with Crippen LogP contribution >= 0.6 is 0 Å². The molecule has 1 saturated carbocycles. The van der Waals surface area contributed by atoms with Crippen LogP contribution in [0.3, 0.4) is 0 Å². The van der Waals surface area contributed by atoms with Crippen LogP contribution in [-0.4, -0.2) is 37.7 Å². The molecule has 3 rings (SSSR count). The molecule has 2 aliphatic carbocycles. The van der Waals surface area contributed by atoms with Crippen LogP contribution in [-0.2, 0) is 11.2 Å². The van der Waals surface area contributed by atoms with Gasteiger partial charge in [-0.05, 0) is 62.1 Å². The number of ether oxygens (including phenoxy) is 1. The van der Waals surface area contributed by atoms with Crippen molar-refractivity contribution < 1.29 is 14.3 Å². The second-order valence-corrected chi connectivity index (χ2v) is 7.31. The lowest BCUT2D eigenvalue weighted by molar-refractivity contribution is -0.123. The first-order valence-corrected chi connectivity index (χ1v) is 9.87. The van der Waals surface area contributed by atoms with Gasteiger partial charge in [-0.25, -0.2) is 4.79 Å². The number of hydrogen-bond donors (Lipinski definition) is 3. The van der Waals surface area contributed by atoms with Gasteiger partial charge in [0.25, 0.3) is 5.91 Å². The summed E-state index contributed by atoms with van der Waals surface area (Å²) in [7, 11) is 0. The van der Waals surface area contributed by atoms with E-state index in [1.54, 1.807) is 0 Å². The van der Waals surface area contributed by atoms with Crippen LogP contribution in [0.2, 0.25) is 0 Å². The van der Waals surface area contributed by atoms with E-state index < -0.39 is 0 Å². The van der Waals surface area contributed by atoms with Crippen molar-refractivity contribution in [3.05, 3.63) is 42.0 Å². The van der Waals surface area contributed by atoms with Crippen molar-refractivity contribution >= 4 is 11.9 Å². The number of allylic oxidation sites excluding steroid dienone is 2. The lowest BCUT2D eigenvalue weighted by Gasteiger charge is -2.18. The molecule has 27 heavy (non-hydrogen) atoms. The molecule has 6 nitrogen and oxygen atoms in total. The second kappa shape index (κ2) is 10.00. The molecule has 0 bridgehead atoms. The lowest BCUT2D eigenvalue weighted by atomic mass is 9.94. The van der Waals surface area contributed by atoms with Gasteiger partial charge in [0.15, 0.2) is 6.61 Å². The molecule has 6 heteroatoms. The Morgan fingerprint density at radius 2 is 1.85 bits per heavy atom.